The predicted octanol–water partition coefficient (Wildman–Crippen LogP) is 4.13. The van der Waals surface area contributed by atoms with E-state index in [4.69, 9.17) is 21.7 Å². The van der Waals surface area contributed by atoms with Gasteiger partial charge in [0.2, 0.25) is 0 Å². The van der Waals surface area contributed by atoms with Crippen LogP contribution in [0.2, 0.25) is 0 Å². The smallest absolute Gasteiger partial charge is 0.175 e. The van der Waals surface area contributed by atoms with Crippen LogP contribution in [-0.2, 0) is 0 Å². The maximum Gasteiger partial charge on any atom is 0.175 e. The van der Waals surface area contributed by atoms with Crippen LogP contribution in [0.15, 0.2) is 36.4 Å². The van der Waals surface area contributed by atoms with Gasteiger partial charge in [-0.05, 0) is 49.8 Å². The van der Waals surface area contributed by atoms with E-state index in [-0.39, 0.29) is 0 Å². The fraction of sp³-hybridized carbons (Fsp3) is 0.235. The number of rotatable bonds is 4. The summed E-state index contributed by atoms with van der Waals surface area (Å²) in [5.41, 5.74) is 4.09. The summed E-state index contributed by atoms with van der Waals surface area (Å²) in [6.45, 7) is 4.11. The van der Waals surface area contributed by atoms with Crippen molar-refractivity contribution in [1.82, 2.24) is 0 Å². The number of anilines is 2. The quantitative estimate of drug-likeness (QED) is 0.830. The molecule has 0 bridgehead atoms. The molecule has 0 aliphatic carbocycles. The Hall–Kier alpha value is -2.27. The summed E-state index contributed by atoms with van der Waals surface area (Å²) in [6.07, 6.45) is 0. The molecular formula is C17H20N2O2S. The van der Waals surface area contributed by atoms with Crippen LogP contribution in [0, 0.1) is 13.8 Å². The van der Waals surface area contributed by atoms with Crippen molar-refractivity contribution in [3.05, 3.63) is 47.5 Å². The number of methoxy groups -OCH3 is 2. The average Bonchev–Trinajstić information content (AvgIpc) is 2.50. The van der Waals surface area contributed by atoms with Gasteiger partial charge >= 0.3 is 0 Å². The van der Waals surface area contributed by atoms with Crippen molar-refractivity contribution in [1.29, 1.82) is 0 Å². The van der Waals surface area contributed by atoms with Crippen molar-refractivity contribution in [3.63, 3.8) is 0 Å². The van der Waals surface area contributed by atoms with Gasteiger partial charge in [0.15, 0.2) is 5.11 Å². The van der Waals surface area contributed by atoms with Gasteiger partial charge < -0.3 is 20.1 Å². The molecule has 2 rings (SSSR count). The molecule has 0 radical (unpaired) electrons. The van der Waals surface area contributed by atoms with E-state index in [0.29, 0.717) is 10.9 Å². The van der Waals surface area contributed by atoms with Crippen LogP contribution in [0.25, 0.3) is 0 Å². The summed E-state index contributed by atoms with van der Waals surface area (Å²) in [5.74, 6) is 1.43. The van der Waals surface area contributed by atoms with E-state index in [1.807, 2.05) is 37.3 Å². The fourth-order valence-electron chi connectivity index (χ4n) is 2.14. The highest BCUT2D eigenvalue weighted by atomic mass is 32.1. The maximum atomic E-state index is 5.38. The molecule has 116 valence electrons. The molecule has 0 saturated heterocycles. The van der Waals surface area contributed by atoms with Gasteiger partial charge in [-0.25, -0.2) is 0 Å². The second-order valence-corrected chi connectivity index (χ2v) is 5.37. The first-order valence-corrected chi connectivity index (χ1v) is 7.31. The molecule has 0 aliphatic rings. The normalized spacial score (nSPS) is 10.0. The van der Waals surface area contributed by atoms with E-state index in [1.54, 1.807) is 14.2 Å². The summed E-state index contributed by atoms with van der Waals surface area (Å²) < 4.78 is 10.6. The number of thiocarbonyl (C=S) groups is 1. The molecule has 5 heteroatoms. The van der Waals surface area contributed by atoms with Crippen molar-refractivity contribution in [2.45, 2.75) is 13.8 Å². The predicted molar refractivity (Wildman–Crippen MR) is 95.3 cm³/mol. The third-order valence-electron chi connectivity index (χ3n) is 3.28. The number of benzene rings is 2. The summed E-state index contributed by atoms with van der Waals surface area (Å²) in [4.78, 5) is 0. The Morgan fingerprint density at radius 1 is 0.909 bits per heavy atom. The molecule has 0 unspecified atom stereocenters. The molecular weight excluding hydrogens is 296 g/mol. The second-order valence-electron chi connectivity index (χ2n) is 4.96. The van der Waals surface area contributed by atoms with Gasteiger partial charge in [-0.3, -0.25) is 0 Å². The number of ether oxygens (including phenoxy) is 2. The van der Waals surface area contributed by atoms with E-state index in [0.717, 1.165) is 22.7 Å². The molecule has 22 heavy (non-hydrogen) atoms. The summed E-state index contributed by atoms with van der Waals surface area (Å²) in [5, 5.41) is 6.84. The summed E-state index contributed by atoms with van der Waals surface area (Å²) in [7, 11) is 3.24. The molecule has 2 N–H and O–H groups in total. The third-order valence-corrected chi connectivity index (χ3v) is 3.49. The molecule has 0 fully saturated rings. The monoisotopic (exact) mass is 316 g/mol. The first-order valence-electron chi connectivity index (χ1n) is 6.90. The van der Waals surface area contributed by atoms with Crippen molar-refractivity contribution < 1.29 is 9.47 Å². The van der Waals surface area contributed by atoms with Crippen LogP contribution in [-0.4, -0.2) is 19.3 Å². The molecule has 0 amide bonds. The Morgan fingerprint density at radius 2 is 1.64 bits per heavy atom. The first-order chi connectivity index (χ1) is 10.5. The molecule has 0 spiro atoms. The zero-order valence-corrected chi connectivity index (χ0v) is 14.0. The van der Waals surface area contributed by atoms with Crippen LogP contribution in [0.1, 0.15) is 11.1 Å². The van der Waals surface area contributed by atoms with E-state index in [9.17, 15) is 0 Å². The van der Waals surface area contributed by atoms with Crippen LogP contribution >= 0.6 is 12.2 Å². The van der Waals surface area contributed by atoms with E-state index >= 15 is 0 Å². The molecule has 0 heterocycles. The lowest BCUT2D eigenvalue weighted by molar-refractivity contribution is 0.405. The highest BCUT2D eigenvalue weighted by molar-refractivity contribution is 7.80. The highest BCUT2D eigenvalue weighted by Crippen LogP contribution is 2.29. The zero-order valence-electron chi connectivity index (χ0n) is 13.2. The van der Waals surface area contributed by atoms with Crippen molar-refractivity contribution >= 4 is 28.7 Å². The van der Waals surface area contributed by atoms with E-state index < -0.39 is 0 Å². The Labute approximate surface area is 136 Å². The highest BCUT2D eigenvalue weighted by Gasteiger charge is 2.08. The minimum absolute atomic E-state index is 0.499. The minimum atomic E-state index is 0.499. The summed E-state index contributed by atoms with van der Waals surface area (Å²) >= 11 is 5.38. The van der Waals surface area contributed by atoms with Crippen molar-refractivity contribution in [2.75, 3.05) is 24.9 Å². The number of hydrogen-bond donors (Lipinski definition) is 2. The van der Waals surface area contributed by atoms with Gasteiger partial charge in [0.25, 0.3) is 0 Å². The lowest BCUT2D eigenvalue weighted by atomic mass is 10.1. The van der Waals surface area contributed by atoms with Crippen LogP contribution in [0.4, 0.5) is 11.4 Å². The first kappa shape index (κ1) is 16.1. The number of aryl methyl sites for hydroxylation is 2. The van der Waals surface area contributed by atoms with Gasteiger partial charge in [-0.15, -0.1) is 0 Å². The van der Waals surface area contributed by atoms with Crippen molar-refractivity contribution in [3.8, 4) is 11.5 Å². The minimum Gasteiger partial charge on any atom is -0.497 e. The van der Waals surface area contributed by atoms with Gasteiger partial charge in [-0.2, -0.15) is 0 Å². The molecule has 2 aromatic rings. The Bertz CT molecular complexity index is 686. The maximum absolute atomic E-state index is 5.38. The number of nitrogens with one attached hydrogen (secondary N) is 2. The Morgan fingerprint density at radius 3 is 2.27 bits per heavy atom. The third kappa shape index (κ3) is 3.89. The van der Waals surface area contributed by atoms with Gasteiger partial charge in [0.1, 0.15) is 11.5 Å². The second kappa shape index (κ2) is 7.13. The van der Waals surface area contributed by atoms with Gasteiger partial charge in [0, 0.05) is 11.8 Å². The standard InChI is InChI=1S/C17H20N2O2S/c1-11-5-7-14(12(2)9-11)18-17(22)19-15-10-13(20-3)6-8-16(15)21-4/h5-10H,1-4H3,(H2,18,19,22). The van der Waals surface area contributed by atoms with Crippen LogP contribution in [0.5, 0.6) is 11.5 Å². The largest absolute Gasteiger partial charge is 0.497 e. The number of hydrogen-bond acceptors (Lipinski definition) is 3. The Kier molecular flexibility index (Phi) is 5.22. The fourth-order valence-corrected chi connectivity index (χ4v) is 2.36. The average molecular weight is 316 g/mol. The van der Waals surface area contributed by atoms with Crippen LogP contribution in [0.3, 0.4) is 0 Å². The van der Waals surface area contributed by atoms with Crippen molar-refractivity contribution in [2.24, 2.45) is 0 Å². The molecule has 0 saturated carbocycles. The molecule has 2 aromatic carbocycles. The van der Waals surface area contributed by atoms with Gasteiger partial charge in [0.05, 0.1) is 19.9 Å². The lowest BCUT2D eigenvalue weighted by Crippen LogP contribution is -2.20. The lowest BCUT2D eigenvalue weighted by Gasteiger charge is -2.15. The van der Waals surface area contributed by atoms with E-state index in [1.165, 1.54) is 5.56 Å². The molecule has 4 nitrogen and oxygen atoms in total. The molecule has 0 aromatic heterocycles. The zero-order chi connectivity index (χ0) is 16.1. The SMILES string of the molecule is COc1ccc(OC)c(NC(=S)Nc2ccc(C)cc2C)c1. The van der Waals surface area contributed by atoms with Gasteiger partial charge in [-0.1, -0.05) is 17.7 Å². The topological polar surface area (TPSA) is 42.5 Å². The summed E-state index contributed by atoms with van der Waals surface area (Å²) in [6, 6.07) is 11.7. The van der Waals surface area contributed by atoms with Crippen LogP contribution < -0.4 is 20.1 Å². The Balaban J connectivity index is 2.14. The molecule has 0 atom stereocenters. The molecule has 0 aliphatic heterocycles. The van der Waals surface area contributed by atoms with E-state index in [2.05, 4.69) is 23.6 Å².